The third-order valence-corrected chi connectivity index (χ3v) is 2.74. The number of hydrogen-bond acceptors (Lipinski definition) is 3. The number of rotatable bonds is 5. The summed E-state index contributed by atoms with van der Waals surface area (Å²) in [6.07, 6.45) is 0. The van der Waals surface area contributed by atoms with Crippen LogP contribution in [0.2, 0.25) is 0 Å². The molecule has 0 bridgehead atoms. The van der Waals surface area contributed by atoms with E-state index in [1.54, 1.807) is 12.1 Å². The highest BCUT2D eigenvalue weighted by Crippen LogP contribution is 2.13. The lowest BCUT2D eigenvalue weighted by Gasteiger charge is -2.15. The number of nitrogens with two attached hydrogens (primary N) is 1. The zero-order valence-electron chi connectivity index (χ0n) is 10.4. The van der Waals surface area contributed by atoms with Crippen molar-refractivity contribution < 1.29 is 8.81 Å². The van der Waals surface area contributed by atoms with Gasteiger partial charge in [0.15, 0.2) is 0 Å². The highest BCUT2D eigenvalue weighted by molar-refractivity contribution is 5.17. The second kappa shape index (κ2) is 5.80. The quantitative estimate of drug-likeness (QED) is 0.884. The van der Waals surface area contributed by atoms with E-state index in [-0.39, 0.29) is 5.82 Å². The highest BCUT2D eigenvalue weighted by atomic mass is 19.1. The Morgan fingerprint density at radius 3 is 2.50 bits per heavy atom. The molecule has 2 aromatic rings. The fraction of sp³-hybridized carbons (Fsp3) is 0.286. The van der Waals surface area contributed by atoms with Crippen LogP contribution in [0.25, 0.3) is 0 Å². The number of benzene rings is 1. The van der Waals surface area contributed by atoms with E-state index in [1.165, 1.54) is 6.07 Å². The topological polar surface area (TPSA) is 42.4 Å². The van der Waals surface area contributed by atoms with Crippen molar-refractivity contribution in [2.75, 3.05) is 7.05 Å². The average molecular weight is 248 g/mol. The van der Waals surface area contributed by atoms with Crippen LogP contribution in [0.5, 0.6) is 0 Å². The fourth-order valence-electron chi connectivity index (χ4n) is 1.86. The Labute approximate surface area is 106 Å². The molecular formula is C14H17FN2O. The predicted octanol–water partition coefficient (Wildman–Crippen LogP) is 2.51. The van der Waals surface area contributed by atoms with Crippen LogP contribution >= 0.6 is 0 Å². The molecule has 96 valence electrons. The Morgan fingerprint density at radius 2 is 1.83 bits per heavy atom. The van der Waals surface area contributed by atoms with Crippen molar-refractivity contribution in [1.29, 1.82) is 0 Å². The van der Waals surface area contributed by atoms with E-state index >= 15 is 0 Å². The van der Waals surface area contributed by atoms with Crippen LogP contribution in [0.4, 0.5) is 4.39 Å². The van der Waals surface area contributed by atoms with Gasteiger partial charge in [-0.2, -0.15) is 0 Å². The molecule has 0 aliphatic heterocycles. The Morgan fingerprint density at radius 1 is 1.11 bits per heavy atom. The molecule has 2 N–H and O–H groups in total. The summed E-state index contributed by atoms with van der Waals surface area (Å²) in [4.78, 5) is 2.00. The Kier molecular flexibility index (Phi) is 4.12. The Balaban J connectivity index is 1.96. The molecule has 0 spiro atoms. The third kappa shape index (κ3) is 3.18. The number of furan rings is 1. The number of nitrogens with zero attached hydrogens (tertiary/aromatic N) is 1. The van der Waals surface area contributed by atoms with Crippen LogP contribution in [0, 0.1) is 5.82 Å². The van der Waals surface area contributed by atoms with Gasteiger partial charge in [-0.3, -0.25) is 4.90 Å². The minimum atomic E-state index is -0.175. The molecule has 2 rings (SSSR count). The van der Waals surface area contributed by atoms with Gasteiger partial charge in [-0.15, -0.1) is 0 Å². The van der Waals surface area contributed by atoms with E-state index in [4.69, 9.17) is 10.2 Å². The molecule has 0 saturated carbocycles. The first-order valence-electron chi connectivity index (χ1n) is 5.88. The molecule has 0 radical (unpaired) electrons. The van der Waals surface area contributed by atoms with E-state index in [2.05, 4.69) is 0 Å². The average Bonchev–Trinajstić information content (AvgIpc) is 2.80. The van der Waals surface area contributed by atoms with Gasteiger partial charge in [-0.05, 0) is 25.2 Å². The zero-order valence-corrected chi connectivity index (χ0v) is 10.4. The van der Waals surface area contributed by atoms with Gasteiger partial charge in [0.2, 0.25) is 0 Å². The molecule has 3 nitrogen and oxygen atoms in total. The molecule has 0 aliphatic rings. The summed E-state index contributed by atoms with van der Waals surface area (Å²) in [5.74, 6) is 1.44. The van der Waals surface area contributed by atoms with E-state index in [1.807, 2.05) is 30.1 Å². The van der Waals surface area contributed by atoms with Gasteiger partial charge in [-0.25, -0.2) is 4.39 Å². The van der Waals surface area contributed by atoms with Gasteiger partial charge in [0, 0.05) is 12.1 Å². The van der Waals surface area contributed by atoms with Gasteiger partial charge in [0.1, 0.15) is 17.3 Å². The SMILES string of the molecule is CN(Cc1ccc(CN)o1)Cc1ccccc1F. The lowest BCUT2D eigenvalue weighted by Crippen LogP contribution is -2.17. The molecule has 1 aromatic heterocycles. The fourth-order valence-corrected chi connectivity index (χ4v) is 1.86. The summed E-state index contributed by atoms with van der Waals surface area (Å²) in [6.45, 7) is 1.58. The van der Waals surface area contributed by atoms with Gasteiger partial charge in [0.05, 0.1) is 13.1 Å². The van der Waals surface area contributed by atoms with Crippen molar-refractivity contribution in [2.45, 2.75) is 19.6 Å². The standard InChI is InChI=1S/C14H17FN2O/c1-17(9-11-4-2-3-5-14(11)15)10-13-7-6-12(8-16)18-13/h2-7H,8-10,16H2,1H3. The van der Waals surface area contributed by atoms with E-state index < -0.39 is 0 Å². The summed E-state index contributed by atoms with van der Waals surface area (Å²) in [5, 5.41) is 0. The van der Waals surface area contributed by atoms with Crippen LogP contribution in [-0.4, -0.2) is 11.9 Å². The highest BCUT2D eigenvalue weighted by Gasteiger charge is 2.08. The molecule has 0 fully saturated rings. The van der Waals surface area contributed by atoms with Crippen molar-refractivity contribution in [3.05, 3.63) is 59.3 Å². The maximum absolute atomic E-state index is 13.5. The summed E-state index contributed by atoms with van der Waals surface area (Å²) >= 11 is 0. The van der Waals surface area contributed by atoms with Crippen LogP contribution in [0.15, 0.2) is 40.8 Å². The Hall–Kier alpha value is -1.65. The van der Waals surface area contributed by atoms with Crippen molar-refractivity contribution in [3.8, 4) is 0 Å². The lowest BCUT2D eigenvalue weighted by molar-refractivity contribution is 0.280. The van der Waals surface area contributed by atoms with Gasteiger partial charge in [-0.1, -0.05) is 18.2 Å². The summed E-state index contributed by atoms with van der Waals surface area (Å²) < 4.78 is 19.0. The number of halogens is 1. The van der Waals surface area contributed by atoms with E-state index in [0.717, 1.165) is 11.5 Å². The largest absolute Gasteiger partial charge is 0.463 e. The molecule has 0 aliphatic carbocycles. The molecule has 0 amide bonds. The molecule has 4 heteroatoms. The summed E-state index contributed by atoms with van der Waals surface area (Å²) in [5.41, 5.74) is 6.17. The van der Waals surface area contributed by atoms with E-state index in [9.17, 15) is 4.39 Å². The van der Waals surface area contributed by atoms with Gasteiger partial charge >= 0.3 is 0 Å². The van der Waals surface area contributed by atoms with Crippen LogP contribution in [0.3, 0.4) is 0 Å². The maximum Gasteiger partial charge on any atom is 0.127 e. The maximum atomic E-state index is 13.5. The molecule has 1 aromatic carbocycles. The second-order valence-electron chi connectivity index (χ2n) is 4.34. The zero-order chi connectivity index (χ0) is 13.0. The Bertz CT molecular complexity index is 510. The summed E-state index contributed by atoms with van der Waals surface area (Å²) in [6, 6.07) is 10.6. The minimum Gasteiger partial charge on any atom is -0.463 e. The van der Waals surface area contributed by atoms with Crippen LogP contribution < -0.4 is 5.73 Å². The molecule has 18 heavy (non-hydrogen) atoms. The van der Waals surface area contributed by atoms with Crippen LogP contribution in [0.1, 0.15) is 17.1 Å². The first-order chi connectivity index (χ1) is 8.69. The first-order valence-corrected chi connectivity index (χ1v) is 5.88. The van der Waals surface area contributed by atoms with Crippen molar-refractivity contribution in [2.24, 2.45) is 5.73 Å². The van der Waals surface area contributed by atoms with Gasteiger partial charge in [0.25, 0.3) is 0 Å². The molecule has 0 unspecified atom stereocenters. The predicted molar refractivity (Wildman–Crippen MR) is 68.2 cm³/mol. The van der Waals surface area contributed by atoms with Crippen molar-refractivity contribution >= 4 is 0 Å². The van der Waals surface area contributed by atoms with E-state index in [0.29, 0.717) is 25.2 Å². The monoisotopic (exact) mass is 248 g/mol. The van der Waals surface area contributed by atoms with Crippen LogP contribution in [-0.2, 0) is 19.6 Å². The van der Waals surface area contributed by atoms with Crippen molar-refractivity contribution in [1.82, 2.24) is 4.90 Å². The van der Waals surface area contributed by atoms with Crippen molar-refractivity contribution in [3.63, 3.8) is 0 Å². The lowest BCUT2D eigenvalue weighted by atomic mass is 10.2. The normalized spacial score (nSPS) is 11.1. The van der Waals surface area contributed by atoms with Gasteiger partial charge < -0.3 is 10.2 Å². The second-order valence-corrected chi connectivity index (χ2v) is 4.34. The first kappa shape index (κ1) is 12.8. The molecule has 0 saturated heterocycles. The summed E-state index contributed by atoms with van der Waals surface area (Å²) in [7, 11) is 1.93. The smallest absolute Gasteiger partial charge is 0.127 e. The third-order valence-electron chi connectivity index (χ3n) is 2.74. The molecular weight excluding hydrogens is 231 g/mol. The minimum absolute atomic E-state index is 0.175. The molecule has 1 heterocycles. The molecule has 0 atom stereocenters. The number of hydrogen-bond donors (Lipinski definition) is 1.